The van der Waals surface area contributed by atoms with Crippen LogP contribution >= 0.6 is 0 Å². The van der Waals surface area contributed by atoms with Crippen LogP contribution in [0.4, 0.5) is 18.0 Å². The van der Waals surface area contributed by atoms with Crippen molar-refractivity contribution in [3.63, 3.8) is 0 Å². The maximum atomic E-state index is 14.7. The Labute approximate surface area is 209 Å². The monoisotopic (exact) mass is 502 g/mol. The summed E-state index contributed by atoms with van der Waals surface area (Å²) in [4.78, 5) is 19.2. The summed E-state index contributed by atoms with van der Waals surface area (Å²) < 4.78 is 43.4. The SMILES string of the molecule is CNC(=O)N(CCC(N)CF)C(c1nc(-c2cc(F)ccc2F)nn1Cc1ccccc1)C(C)(C)C. The third-order valence-corrected chi connectivity index (χ3v) is 5.84. The van der Waals surface area contributed by atoms with Crippen molar-refractivity contribution in [3.05, 3.63) is 71.6 Å². The number of urea groups is 1. The van der Waals surface area contributed by atoms with Gasteiger partial charge in [-0.1, -0.05) is 51.1 Å². The molecule has 194 valence electrons. The first-order valence-corrected chi connectivity index (χ1v) is 11.8. The fraction of sp³-hybridized carbons (Fsp3) is 0.423. The number of hydrogen-bond acceptors (Lipinski definition) is 4. The zero-order chi connectivity index (χ0) is 26.5. The summed E-state index contributed by atoms with van der Waals surface area (Å²) >= 11 is 0. The maximum absolute atomic E-state index is 14.7. The highest BCUT2D eigenvalue weighted by Gasteiger charge is 2.39. The predicted molar refractivity (Wildman–Crippen MR) is 133 cm³/mol. The first-order chi connectivity index (χ1) is 17.0. The first kappa shape index (κ1) is 27.2. The molecule has 0 saturated carbocycles. The minimum absolute atomic E-state index is 0.00416. The van der Waals surface area contributed by atoms with Gasteiger partial charge in [0.1, 0.15) is 18.3 Å². The normalized spacial score (nSPS) is 13.3. The average molecular weight is 503 g/mol. The Bertz CT molecular complexity index is 1160. The molecule has 0 aliphatic carbocycles. The molecule has 0 radical (unpaired) electrons. The molecule has 1 aromatic heterocycles. The van der Waals surface area contributed by atoms with Crippen molar-refractivity contribution in [2.24, 2.45) is 11.1 Å². The molecule has 2 aromatic carbocycles. The Morgan fingerprint density at radius 2 is 1.86 bits per heavy atom. The number of carbonyl (C=O) groups excluding carboxylic acids is 1. The van der Waals surface area contributed by atoms with Crippen molar-refractivity contribution in [2.75, 3.05) is 20.3 Å². The molecule has 3 aromatic rings. The molecule has 0 aliphatic rings. The molecule has 0 saturated heterocycles. The lowest BCUT2D eigenvalue weighted by molar-refractivity contribution is 0.105. The molecule has 10 heteroatoms. The van der Waals surface area contributed by atoms with Crippen LogP contribution in [-0.4, -0.2) is 52.0 Å². The lowest BCUT2D eigenvalue weighted by atomic mass is 9.84. The molecule has 2 unspecified atom stereocenters. The van der Waals surface area contributed by atoms with Crippen LogP contribution in [0.1, 0.15) is 44.6 Å². The van der Waals surface area contributed by atoms with Crippen LogP contribution < -0.4 is 11.1 Å². The van der Waals surface area contributed by atoms with Gasteiger partial charge < -0.3 is 16.0 Å². The number of amides is 2. The van der Waals surface area contributed by atoms with E-state index in [1.54, 1.807) is 9.58 Å². The zero-order valence-corrected chi connectivity index (χ0v) is 21.0. The van der Waals surface area contributed by atoms with E-state index >= 15 is 0 Å². The van der Waals surface area contributed by atoms with E-state index in [1.165, 1.54) is 7.05 Å². The van der Waals surface area contributed by atoms with Gasteiger partial charge in [0.15, 0.2) is 11.6 Å². The summed E-state index contributed by atoms with van der Waals surface area (Å²) in [5, 5.41) is 7.19. The lowest BCUT2D eigenvalue weighted by Crippen LogP contribution is -2.47. The Morgan fingerprint density at radius 1 is 1.17 bits per heavy atom. The maximum Gasteiger partial charge on any atom is 0.317 e. The standard InChI is InChI=1S/C26H33F3N6O/c1-26(2,3)22(34(25(36)31-4)13-12-19(30)15-27)24-32-23(20-14-18(28)10-11-21(20)29)33-35(24)16-17-8-6-5-7-9-17/h5-11,14,19,22H,12-13,15-16,30H2,1-4H3,(H,31,36). The summed E-state index contributed by atoms with van der Waals surface area (Å²) in [6, 6.07) is 10.8. The van der Waals surface area contributed by atoms with E-state index in [0.29, 0.717) is 5.82 Å². The largest absolute Gasteiger partial charge is 0.341 e. The van der Waals surface area contributed by atoms with Crippen LogP contribution in [0.5, 0.6) is 0 Å². The Hall–Kier alpha value is -3.40. The third kappa shape index (κ3) is 6.42. The van der Waals surface area contributed by atoms with Gasteiger partial charge >= 0.3 is 6.03 Å². The van der Waals surface area contributed by atoms with Crippen LogP contribution in [0.15, 0.2) is 48.5 Å². The first-order valence-electron chi connectivity index (χ1n) is 11.8. The summed E-state index contributed by atoms with van der Waals surface area (Å²) in [6.07, 6.45) is 0.231. The number of carbonyl (C=O) groups is 1. The van der Waals surface area contributed by atoms with Crippen LogP contribution in [0.2, 0.25) is 0 Å². The van der Waals surface area contributed by atoms with Gasteiger partial charge in [0.25, 0.3) is 0 Å². The van der Waals surface area contributed by atoms with Crippen LogP contribution in [-0.2, 0) is 6.54 Å². The number of benzene rings is 2. The van der Waals surface area contributed by atoms with E-state index in [-0.39, 0.29) is 30.9 Å². The zero-order valence-electron chi connectivity index (χ0n) is 21.0. The molecule has 0 bridgehead atoms. The average Bonchev–Trinajstić information content (AvgIpc) is 3.24. The van der Waals surface area contributed by atoms with Crippen molar-refractivity contribution < 1.29 is 18.0 Å². The van der Waals surface area contributed by atoms with Crippen molar-refractivity contribution in [1.29, 1.82) is 0 Å². The highest BCUT2D eigenvalue weighted by atomic mass is 19.1. The minimum atomic E-state index is -0.725. The second-order valence-corrected chi connectivity index (χ2v) is 9.78. The predicted octanol–water partition coefficient (Wildman–Crippen LogP) is 4.69. The quantitative estimate of drug-likeness (QED) is 0.444. The molecule has 3 N–H and O–H groups in total. The molecular formula is C26H33F3N6O. The molecule has 7 nitrogen and oxygen atoms in total. The number of nitrogens with one attached hydrogen (secondary N) is 1. The van der Waals surface area contributed by atoms with E-state index in [0.717, 1.165) is 23.8 Å². The molecule has 0 aliphatic heterocycles. The third-order valence-electron chi connectivity index (χ3n) is 5.84. The van der Waals surface area contributed by atoms with Crippen molar-refractivity contribution in [3.8, 4) is 11.4 Å². The van der Waals surface area contributed by atoms with Gasteiger partial charge in [0, 0.05) is 19.6 Å². The van der Waals surface area contributed by atoms with Crippen molar-refractivity contribution in [1.82, 2.24) is 25.0 Å². The summed E-state index contributed by atoms with van der Waals surface area (Å²) in [7, 11) is 1.51. The van der Waals surface area contributed by atoms with Crippen LogP contribution in [0.3, 0.4) is 0 Å². The van der Waals surface area contributed by atoms with Crippen molar-refractivity contribution in [2.45, 2.75) is 45.8 Å². The molecule has 0 fully saturated rings. The second kappa shape index (κ2) is 11.6. The topological polar surface area (TPSA) is 89.1 Å². The summed E-state index contributed by atoms with van der Waals surface area (Å²) in [5.41, 5.74) is 6.07. The smallest absolute Gasteiger partial charge is 0.317 e. The van der Waals surface area contributed by atoms with Gasteiger partial charge in [-0.25, -0.2) is 27.6 Å². The molecule has 36 heavy (non-hydrogen) atoms. The van der Waals surface area contributed by atoms with Gasteiger partial charge in [0.2, 0.25) is 0 Å². The van der Waals surface area contributed by atoms with Crippen LogP contribution in [0.25, 0.3) is 11.4 Å². The highest BCUT2D eigenvalue weighted by Crippen LogP contribution is 2.38. The molecule has 2 atom stereocenters. The summed E-state index contributed by atoms with van der Waals surface area (Å²) in [5.74, 6) is -0.886. The number of hydrogen-bond donors (Lipinski definition) is 2. The number of rotatable bonds is 9. The van der Waals surface area contributed by atoms with Crippen molar-refractivity contribution >= 4 is 6.03 Å². The Morgan fingerprint density at radius 3 is 2.47 bits per heavy atom. The number of alkyl halides is 1. The van der Waals surface area contributed by atoms with Gasteiger partial charge in [-0.05, 0) is 35.6 Å². The number of nitrogens with two attached hydrogens (primary N) is 1. The fourth-order valence-electron chi connectivity index (χ4n) is 4.08. The second-order valence-electron chi connectivity index (χ2n) is 9.78. The van der Waals surface area contributed by atoms with E-state index in [2.05, 4.69) is 15.4 Å². The van der Waals surface area contributed by atoms with E-state index in [1.807, 2.05) is 51.1 Å². The number of nitrogens with zero attached hydrogens (tertiary/aromatic N) is 4. The van der Waals surface area contributed by atoms with Gasteiger partial charge in [-0.3, -0.25) is 0 Å². The molecule has 3 rings (SSSR count). The lowest BCUT2D eigenvalue weighted by Gasteiger charge is -2.39. The van der Waals surface area contributed by atoms with E-state index in [9.17, 15) is 18.0 Å². The molecule has 0 spiro atoms. The fourth-order valence-corrected chi connectivity index (χ4v) is 4.08. The molecule has 1 heterocycles. The van der Waals surface area contributed by atoms with Crippen LogP contribution in [0, 0.1) is 17.0 Å². The minimum Gasteiger partial charge on any atom is -0.341 e. The van der Waals surface area contributed by atoms with Gasteiger partial charge in [0.05, 0.1) is 18.2 Å². The van der Waals surface area contributed by atoms with Gasteiger partial charge in [-0.15, -0.1) is 0 Å². The summed E-state index contributed by atoms with van der Waals surface area (Å²) in [6.45, 7) is 5.55. The van der Waals surface area contributed by atoms with E-state index in [4.69, 9.17) is 5.73 Å². The highest BCUT2D eigenvalue weighted by molar-refractivity contribution is 5.74. The number of aromatic nitrogens is 3. The molecule has 2 amide bonds. The van der Waals surface area contributed by atoms with E-state index < -0.39 is 41.8 Å². The molecular weight excluding hydrogens is 469 g/mol. The van der Waals surface area contributed by atoms with Gasteiger partial charge in [-0.2, -0.15) is 5.10 Å². The Kier molecular flexibility index (Phi) is 8.73. The Balaban J connectivity index is 2.18. The number of halogens is 3.